The number of nitrogens with two attached hydrogens (primary N) is 1. The molecule has 0 bridgehead atoms. The third-order valence-electron chi connectivity index (χ3n) is 5.25. The molecule has 0 radical (unpaired) electrons. The van der Waals surface area contributed by atoms with Gasteiger partial charge in [-0.25, -0.2) is 4.98 Å². The second kappa shape index (κ2) is 8.95. The highest BCUT2D eigenvalue weighted by molar-refractivity contribution is 6.15. The fourth-order valence-corrected chi connectivity index (χ4v) is 3.59. The summed E-state index contributed by atoms with van der Waals surface area (Å²) < 4.78 is 6.96. The number of carbonyl (C=O) groups is 1. The number of nitrogens with zero attached hydrogens (tertiary/aromatic N) is 3. The number of hydrogen-bond donors (Lipinski definition) is 1. The Morgan fingerprint density at radius 2 is 2.10 bits per heavy atom. The van der Waals surface area contributed by atoms with Crippen LogP contribution in [0.2, 0.25) is 0 Å². The minimum atomic E-state index is -0.284. The maximum Gasteiger partial charge on any atom is 0.305 e. The Morgan fingerprint density at radius 3 is 2.80 bits per heavy atom. The van der Waals surface area contributed by atoms with Crippen LogP contribution in [0.25, 0.3) is 5.69 Å². The number of rotatable bonds is 6. The maximum atomic E-state index is 11.8. The number of ether oxygens (including phenoxy) is 1. The summed E-state index contributed by atoms with van der Waals surface area (Å²) in [7, 11) is 1.40. The van der Waals surface area contributed by atoms with Crippen molar-refractivity contribution in [3.8, 4) is 5.69 Å². The van der Waals surface area contributed by atoms with Gasteiger partial charge >= 0.3 is 5.97 Å². The number of aromatic nitrogens is 2. The van der Waals surface area contributed by atoms with Crippen LogP contribution >= 0.6 is 0 Å². The number of methoxy groups -OCH3 is 1. The van der Waals surface area contributed by atoms with Gasteiger partial charge in [-0.05, 0) is 50.5 Å². The maximum absolute atomic E-state index is 11.8. The van der Waals surface area contributed by atoms with Gasteiger partial charge in [-0.3, -0.25) is 14.4 Å². The molecule has 0 saturated carbocycles. The Kier molecular flexibility index (Phi) is 6.35. The molecular formula is C24H28N4O2. The van der Waals surface area contributed by atoms with Crippen molar-refractivity contribution in [2.45, 2.75) is 39.7 Å². The summed E-state index contributed by atoms with van der Waals surface area (Å²) in [6.07, 6.45) is 10.1. The van der Waals surface area contributed by atoms with Crippen LogP contribution in [-0.4, -0.2) is 28.3 Å². The first-order valence-corrected chi connectivity index (χ1v) is 9.93. The number of anilines is 1. The molecule has 0 fully saturated rings. The highest BCUT2D eigenvalue weighted by atomic mass is 16.5. The predicted octanol–water partition coefficient (Wildman–Crippen LogP) is 4.56. The van der Waals surface area contributed by atoms with Gasteiger partial charge in [0, 0.05) is 29.6 Å². The summed E-state index contributed by atoms with van der Waals surface area (Å²) >= 11 is 0. The number of fused-ring (bicyclic) bond motifs is 3. The fourth-order valence-electron chi connectivity index (χ4n) is 3.59. The topological polar surface area (TPSA) is 82.5 Å². The zero-order valence-electron chi connectivity index (χ0n) is 18.0. The van der Waals surface area contributed by atoms with Crippen LogP contribution in [0, 0.1) is 13.8 Å². The van der Waals surface area contributed by atoms with E-state index < -0.39 is 0 Å². The van der Waals surface area contributed by atoms with E-state index in [1.165, 1.54) is 7.11 Å². The number of esters is 1. The predicted molar refractivity (Wildman–Crippen MR) is 121 cm³/mol. The molecule has 156 valence electrons. The van der Waals surface area contributed by atoms with E-state index in [9.17, 15) is 4.79 Å². The quantitative estimate of drug-likeness (QED) is 0.435. The molecule has 1 aromatic carbocycles. The number of imidazole rings is 1. The fraction of sp³-hybridized carbons (Fsp3) is 0.292. The van der Waals surface area contributed by atoms with Gasteiger partial charge in [0.15, 0.2) is 0 Å². The van der Waals surface area contributed by atoms with Crippen molar-refractivity contribution in [2.75, 3.05) is 12.8 Å². The van der Waals surface area contributed by atoms with Gasteiger partial charge in [0.25, 0.3) is 0 Å². The molecule has 0 saturated heterocycles. The van der Waals surface area contributed by atoms with E-state index in [0.29, 0.717) is 12.1 Å². The summed E-state index contributed by atoms with van der Waals surface area (Å²) in [6.45, 7) is 9.74. The lowest BCUT2D eigenvalue weighted by atomic mass is 9.98. The van der Waals surface area contributed by atoms with Gasteiger partial charge in [0.2, 0.25) is 0 Å². The first kappa shape index (κ1) is 21.3. The average Bonchev–Trinajstić information content (AvgIpc) is 3.04. The van der Waals surface area contributed by atoms with Crippen molar-refractivity contribution < 1.29 is 9.53 Å². The van der Waals surface area contributed by atoms with E-state index >= 15 is 0 Å². The first-order valence-electron chi connectivity index (χ1n) is 9.93. The molecule has 6 nitrogen and oxygen atoms in total. The van der Waals surface area contributed by atoms with Gasteiger partial charge in [-0.1, -0.05) is 30.9 Å². The van der Waals surface area contributed by atoms with Crippen LogP contribution in [0.3, 0.4) is 0 Å². The highest BCUT2D eigenvalue weighted by Gasteiger charge is 2.28. The van der Waals surface area contributed by atoms with Crippen molar-refractivity contribution in [1.29, 1.82) is 0 Å². The van der Waals surface area contributed by atoms with Crippen molar-refractivity contribution >= 4 is 17.4 Å². The van der Waals surface area contributed by atoms with Crippen LogP contribution in [0.1, 0.15) is 48.5 Å². The minimum Gasteiger partial charge on any atom is -0.469 e. The van der Waals surface area contributed by atoms with E-state index in [0.717, 1.165) is 39.6 Å². The van der Waals surface area contributed by atoms with Gasteiger partial charge in [0.1, 0.15) is 11.9 Å². The Hall–Kier alpha value is -3.41. The number of aliphatic imine (C=N–C) groups is 1. The summed E-state index contributed by atoms with van der Waals surface area (Å²) in [5, 5.41) is 0. The average molecular weight is 405 g/mol. The summed E-state index contributed by atoms with van der Waals surface area (Å²) in [5.41, 5.74) is 12.7. The standard InChI is InChI=1S/C24H28N4O2/c1-6-7-8-9-15(2)23-18-13-19(25)16(3)12-21(18)28-17(4)14-26-24(28)20(27-23)10-11-22(29)30-5/h6-9,12-14,20H,1,10-11,25H2,2-5H3/b8-7-,15-9+/t20-/m0/s1. The molecule has 30 heavy (non-hydrogen) atoms. The third kappa shape index (κ3) is 4.13. The number of hydrogen-bond acceptors (Lipinski definition) is 5. The third-order valence-corrected chi connectivity index (χ3v) is 5.25. The zero-order chi connectivity index (χ0) is 21.8. The summed E-state index contributed by atoms with van der Waals surface area (Å²) in [6, 6.07) is 3.77. The number of allylic oxidation sites excluding steroid dienone is 5. The summed E-state index contributed by atoms with van der Waals surface area (Å²) in [5.74, 6) is 0.552. The molecule has 1 atom stereocenters. The Morgan fingerprint density at radius 1 is 1.33 bits per heavy atom. The van der Waals surface area contributed by atoms with E-state index in [-0.39, 0.29) is 18.4 Å². The van der Waals surface area contributed by atoms with Crippen LogP contribution in [0.5, 0.6) is 0 Å². The van der Waals surface area contributed by atoms with E-state index in [2.05, 4.69) is 22.2 Å². The lowest BCUT2D eigenvalue weighted by Gasteiger charge is -2.16. The SMILES string of the molecule is C=C/C=C\C=C(/C)C1=N[C@@H](CCC(=O)OC)c2ncc(C)n2-c2cc(C)c(N)cc21. The molecule has 0 aliphatic carbocycles. The van der Waals surface area contributed by atoms with Crippen molar-refractivity contribution in [2.24, 2.45) is 4.99 Å². The number of aryl methyl sites for hydroxylation is 2. The molecule has 2 heterocycles. The van der Waals surface area contributed by atoms with Gasteiger partial charge in [-0.15, -0.1) is 0 Å². The van der Waals surface area contributed by atoms with E-state index in [4.69, 9.17) is 15.5 Å². The van der Waals surface area contributed by atoms with Crippen LogP contribution < -0.4 is 5.73 Å². The monoisotopic (exact) mass is 404 g/mol. The Bertz CT molecular complexity index is 1070. The molecule has 1 aliphatic heterocycles. The molecule has 2 aromatic rings. The van der Waals surface area contributed by atoms with Crippen molar-refractivity contribution in [3.63, 3.8) is 0 Å². The second-order valence-corrected chi connectivity index (χ2v) is 7.40. The van der Waals surface area contributed by atoms with E-state index in [1.54, 1.807) is 6.08 Å². The highest BCUT2D eigenvalue weighted by Crippen LogP contribution is 2.35. The lowest BCUT2D eigenvalue weighted by molar-refractivity contribution is -0.140. The molecule has 2 N–H and O–H groups in total. The largest absolute Gasteiger partial charge is 0.469 e. The van der Waals surface area contributed by atoms with Crippen molar-refractivity contribution in [1.82, 2.24) is 9.55 Å². The lowest BCUT2D eigenvalue weighted by Crippen LogP contribution is -2.10. The minimum absolute atomic E-state index is 0.260. The molecule has 1 aliphatic rings. The summed E-state index contributed by atoms with van der Waals surface area (Å²) in [4.78, 5) is 21.5. The molecule has 3 rings (SSSR count). The van der Waals surface area contributed by atoms with Crippen LogP contribution in [-0.2, 0) is 9.53 Å². The molecular weight excluding hydrogens is 376 g/mol. The van der Waals surface area contributed by atoms with Crippen molar-refractivity contribution in [3.05, 3.63) is 77.4 Å². The van der Waals surface area contributed by atoms with Gasteiger partial charge in [0.05, 0.1) is 18.5 Å². The van der Waals surface area contributed by atoms with Crippen LogP contribution in [0.15, 0.2) is 59.8 Å². The second-order valence-electron chi connectivity index (χ2n) is 7.40. The molecule has 1 aromatic heterocycles. The Labute approximate surface area is 177 Å². The van der Waals surface area contributed by atoms with Gasteiger partial charge < -0.3 is 10.5 Å². The normalized spacial score (nSPS) is 15.9. The van der Waals surface area contributed by atoms with Gasteiger partial charge in [-0.2, -0.15) is 0 Å². The molecule has 6 heteroatoms. The number of benzene rings is 1. The molecule has 0 unspecified atom stereocenters. The van der Waals surface area contributed by atoms with E-state index in [1.807, 2.05) is 51.3 Å². The Balaban J connectivity index is 2.24. The first-order chi connectivity index (χ1) is 14.4. The van der Waals surface area contributed by atoms with Crippen LogP contribution in [0.4, 0.5) is 5.69 Å². The number of carbonyl (C=O) groups excluding carboxylic acids is 1. The molecule has 0 amide bonds. The smallest absolute Gasteiger partial charge is 0.305 e. The number of nitrogen functional groups attached to an aromatic ring is 1. The zero-order valence-corrected chi connectivity index (χ0v) is 18.0. The molecule has 0 spiro atoms.